The second-order valence-electron chi connectivity index (χ2n) is 1.85. The third-order valence-corrected chi connectivity index (χ3v) is 0.236. The molecule has 0 saturated heterocycles. The second kappa shape index (κ2) is 15.9. The number of hydrogen-bond donors (Lipinski definition) is 0. The van der Waals surface area contributed by atoms with E-state index in [-0.39, 0.29) is 38.6 Å². The summed E-state index contributed by atoms with van der Waals surface area (Å²) in [6, 6.07) is 0. The summed E-state index contributed by atoms with van der Waals surface area (Å²) in [6.07, 6.45) is 3.78. The van der Waals surface area contributed by atoms with E-state index in [0.717, 1.165) is 0 Å². The fourth-order valence-electron chi connectivity index (χ4n) is 0. The van der Waals surface area contributed by atoms with Gasteiger partial charge in [0.15, 0.2) is 0 Å². The van der Waals surface area contributed by atoms with Gasteiger partial charge in [-0.15, -0.1) is 5.92 Å². The van der Waals surface area contributed by atoms with Crippen LogP contribution in [0.25, 0.3) is 0 Å². The molecule has 0 aromatic rings. The van der Waals surface area contributed by atoms with Gasteiger partial charge in [-0.3, -0.25) is 6.29 Å². The van der Waals surface area contributed by atoms with Gasteiger partial charge in [-0.2, -0.15) is 13.8 Å². The first-order chi connectivity index (χ1) is 3.68. The van der Waals surface area contributed by atoms with Crippen LogP contribution in [0.4, 0.5) is 0 Å². The zero-order valence-corrected chi connectivity index (χ0v) is 9.48. The molecule has 0 bridgehead atoms. The Balaban J connectivity index is -0.0000000800. The molecular weight excluding hydrogens is 189 g/mol. The molecule has 0 heterocycles. The van der Waals surface area contributed by atoms with E-state index in [4.69, 9.17) is 0 Å². The molecule has 9 heavy (non-hydrogen) atoms. The van der Waals surface area contributed by atoms with Gasteiger partial charge in [-0.1, -0.05) is 13.8 Å². The smallest absolute Gasteiger partial charge is 0 e. The summed E-state index contributed by atoms with van der Waals surface area (Å²) in [5, 5.41) is 0. The van der Waals surface area contributed by atoms with Crippen molar-refractivity contribution in [3.63, 3.8) is 0 Å². The summed E-state index contributed by atoms with van der Waals surface area (Å²) >= 11 is 0. The van der Waals surface area contributed by atoms with Crippen molar-refractivity contribution in [1.29, 1.82) is 0 Å². The van der Waals surface area contributed by atoms with Crippen molar-refractivity contribution >= 4 is 6.29 Å². The molecule has 0 aromatic carbocycles. The van der Waals surface area contributed by atoms with Gasteiger partial charge in [0.2, 0.25) is 0 Å². The van der Waals surface area contributed by atoms with Crippen LogP contribution in [0, 0.1) is 12.3 Å². The first-order valence-electron chi connectivity index (χ1n) is 2.80. The number of hydrogen-bond acceptors (Lipinski definition) is 1. The van der Waals surface area contributed by atoms with E-state index >= 15 is 0 Å². The van der Waals surface area contributed by atoms with Crippen LogP contribution in [0.1, 0.15) is 27.7 Å². The third-order valence-electron chi connectivity index (χ3n) is 0.236. The van der Waals surface area contributed by atoms with Crippen molar-refractivity contribution in [2.45, 2.75) is 27.7 Å². The maximum atomic E-state index is 9.38. The molecule has 0 aliphatic rings. The van der Waals surface area contributed by atoms with Gasteiger partial charge in [0.25, 0.3) is 0 Å². The van der Waals surface area contributed by atoms with E-state index in [2.05, 4.69) is 0 Å². The quantitative estimate of drug-likeness (QED) is 0.595. The van der Waals surface area contributed by atoms with Gasteiger partial charge in [-0.25, -0.2) is 0 Å². The second-order valence-corrected chi connectivity index (χ2v) is 1.85. The molecule has 0 fully saturated rings. The Kier molecular flexibility index (Phi) is 29.0. The van der Waals surface area contributed by atoms with E-state index in [1.165, 1.54) is 0 Å². The van der Waals surface area contributed by atoms with Crippen molar-refractivity contribution in [3.8, 4) is 0 Å². The van der Waals surface area contributed by atoms with E-state index in [0.29, 0.717) is 0 Å². The van der Waals surface area contributed by atoms with E-state index in [1.807, 2.05) is 20.3 Å². The first kappa shape index (κ1) is 16.4. The summed E-state index contributed by atoms with van der Waals surface area (Å²) in [6.45, 7) is 7.60. The number of rotatable bonds is 1. The van der Waals surface area contributed by atoms with Gasteiger partial charge in [0, 0.05) is 32.7 Å². The van der Waals surface area contributed by atoms with Crippen molar-refractivity contribution < 1.29 is 37.5 Å². The van der Waals surface area contributed by atoms with Crippen LogP contribution in [-0.2, 0) is 37.5 Å². The predicted octanol–water partition coefficient (Wildman–Crippen LogP) is 1.98. The van der Waals surface area contributed by atoms with Crippen LogP contribution in [0.2, 0.25) is 0 Å². The fraction of sp³-hybridized carbons (Fsp3) is 0.714. The molecule has 0 saturated carbocycles. The summed E-state index contributed by atoms with van der Waals surface area (Å²) in [5.41, 5.74) is 0. The van der Waals surface area contributed by atoms with Gasteiger partial charge in [-0.05, 0) is 0 Å². The minimum atomic E-state index is 0. The molecule has 1 radical (unpaired) electrons. The molecule has 0 aromatic heterocycles. The number of carbonyl (C=O) groups excluding carboxylic acids is 1. The monoisotopic (exact) mass is 203 g/mol. The van der Waals surface area contributed by atoms with Gasteiger partial charge >= 0.3 is 0 Å². The maximum absolute atomic E-state index is 9.38. The van der Waals surface area contributed by atoms with Gasteiger partial charge < -0.3 is 11.2 Å². The first-order valence-corrected chi connectivity index (χ1v) is 2.80. The third kappa shape index (κ3) is 52.3. The summed E-state index contributed by atoms with van der Waals surface area (Å²) in [5.74, 6) is 0.0787. The molecule has 0 amide bonds. The van der Waals surface area contributed by atoms with Crippen LogP contribution < -0.4 is 0 Å². The van der Waals surface area contributed by atoms with Crippen molar-refractivity contribution in [1.82, 2.24) is 0 Å². The Hall–Kier alpha value is 0.774. The standard InChI is InChI=1S/C4H7O.C3H7.Y/c1-4(2)3-5;1-3-2;/h4H,1-2H3;3H,1-2H3;/q2*-1;. The van der Waals surface area contributed by atoms with Crippen molar-refractivity contribution in [3.05, 3.63) is 6.42 Å². The van der Waals surface area contributed by atoms with Crippen LogP contribution in [-0.4, -0.2) is 6.29 Å². The molecule has 1 nitrogen and oxygen atoms in total. The Morgan fingerprint density at radius 3 is 1.44 bits per heavy atom. The average molecular weight is 203 g/mol. The summed E-state index contributed by atoms with van der Waals surface area (Å²) < 4.78 is 0. The molecule has 2 heteroatoms. The van der Waals surface area contributed by atoms with Crippen molar-refractivity contribution in [2.24, 2.45) is 5.92 Å². The zero-order chi connectivity index (χ0) is 6.99. The van der Waals surface area contributed by atoms with Gasteiger partial charge in [0.1, 0.15) is 0 Å². The van der Waals surface area contributed by atoms with E-state index in [9.17, 15) is 4.79 Å². The van der Waals surface area contributed by atoms with E-state index < -0.39 is 0 Å². The van der Waals surface area contributed by atoms with Crippen molar-refractivity contribution in [2.75, 3.05) is 0 Å². The molecule has 0 aliphatic carbocycles. The van der Waals surface area contributed by atoms with E-state index in [1.54, 1.807) is 20.1 Å². The molecular formula is C7H14OY-2. The molecule has 0 atom stereocenters. The Bertz CT molecular complexity index is 44.2. The SMILES string of the molecule is CC(C)[C-]=O.C[CH-]C.[Y]. The minimum Gasteiger partial charge on any atom is -0.542 e. The Morgan fingerprint density at radius 2 is 1.44 bits per heavy atom. The maximum Gasteiger partial charge on any atom is 0 e. The average Bonchev–Trinajstić information content (AvgIpc) is 1.69. The van der Waals surface area contributed by atoms with Crippen LogP contribution >= 0.6 is 0 Å². The normalized spacial score (nSPS) is 6.78. The Morgan fingerprint density at radius 1 is 1.33 bits per heavy atom. The molecule has 0 spiro atoms. The van der Waals surface area contributed by atoms with Gasteiger partial charge in [0.05, 0.1) is 0 Å². The fourth-order valence-corrected chi connectivity index (χ4v) is 0. The molecule has 53 valence electrons. The van der Waals surface area contributed by atoms with Crippen LogP contribution in [0.15, 0.2) is 0 Å². The Labute approximate surface area is 83.5 Å². The molecule has 0 unspecified atom stereocenters. The molecule has 0 aliphatic heterocycles. The minimum absolute atomic E-state index is 0. The topological polar surface area (TPSA) is 17.1 Å². The summed E-state index contributed by atoms with van der Waals surface area (Å²) in [7, 11) is 0. The zero-order valence-electron chi connectivity index (χ0n) is 6.64. The summed E-state index contributed by atoms with van der Waals surface area (Å²) in [4.78, 5) is 9.38. The molecule has 0 N–H and O–H groups in total. The molecule has 0 rings (SSSR count). The van der Waals surface area contributed by atoms with Crippen LogP contribution in [0.5, 0.6) is 0 Å². The largest absolute Gasteiger partial charge is 0.542 e. The van der Waals surface area contributed by atoms with Crippen LogP contribution in [0.3, 0.4) is 0 Å². The predicted molar refractivity (Wildman–Crippen MR) is 36.2 cm³/mol.